The number of hydrogen-bond acceptors (Lipinski definition) is 3. The van der Waals surface area contributed by atoms with Crippen molar-refractivity contribution in [2.24, 2.45) is 11.8 Å². The average Bonchev–Trinajstić information content (AvgIpc) is 2.90. The first kappa shape index (κ1) is 13.6. The fourth-order valence-electron chi connectivity index (χ4n) is 4.26. The molecule has 1 heterocycles. The van der Waals surface area contributed by atoms with Crippen molar-refractivity contribution >= 4 is 5.78 Å². The van der Waals surface area contributed by atoms with E-state index in [1.54, 1.807) is 0 Å². The molecular formula is C16H27NO2. The van der Waals surface area contributed by atoms with E-state index >= 15 is 0 Å². The van der Waals surface area contributed by atoms with E-state index in [4.69, 9.17) is 4.74 Å². The van der Waals surface area contributed by atoms with Gasteiger partial charge in [-0.05, 0) is 38.0 Å². The van der Waals surface area contributed by atoms with Crippen LogP contribution in [0.5, 0.6) is 0 Å². The Morgan fingerprint density at radius 2 is 2.21 bits per heavy atom. The first-order valence-electron chi connectivity index (χ1n) is 8.16. The first-order valence-corrected chi connectivity index (χ1v) is 8.16. The summed E-state index contributed by atoms with van der Waals surface area (Å²) in [5, 5.41) is 0. The molecule has 4 unspecified atom stereocenters. The van der Waals surface area contributed by atoms with Gasteiger partial charge in [-0.3, -0.25) is 9.69 Å². The molecule has 0 aromatic carbocycles. The van der Waals surface area contributed by atoms with Crippen molar-refractivity contribution in [2.45, 2.75) is 64.0 Å². The van der Waals surface area contributed by atoms with Crippen molar-refractivity contribution in [3.63, 3.8) is 0 Å². The molecule has 2 saturated carbocycles. The molecule has 0 radical (unpaired) electrons. The summed E-state index contributed by atoms with van der Waals surface area (Å²) in [6, 6.07) is 0.601. The standard InChI is InChI=1S/C16H27NO2/c1-2-12-6-7-15(18)13(10-12)11-17-8-9-19-16-5-3-4-14(16)17/h12-14,16H,2-11H2,1H3. The SMILES string of the molecule is CCC1CCC(=O)C(CN2CCOC3CCCC32)C1. The van der Waals surface area contributed by atoms with Gasteiger partial charge in [-0.1, -0.05) is 13.3 Å². The molecule has 19 heavy (non-hydrogen) atoms. The number of rotatable bonds is 3. The Labute approximate surface area is 116 Å². The van der Waals surface area contributed by atoms with Gasteiger partial charge in [0.05, 0.1) is 12.7 Å². The number of nitrogens with zero attached hydrogens (tertiary/aromatic N) is 1. The van der Waals surface area contributed by atoms with Crippen LogP contribution < -0.4 is 0 Å². The van der Waals surface area contributed by atoms with Gasteiger partial charge in [0.15, 0.2) is 0 Å². The number of hydrogen-bond donors (Lipinski definition) is 0. The van der Waals surface area contributed by atoms with Crippen LogP contribution in [0.3, 0.4) is 0 Å². The van der Waals surface area contributed by atoms with Gasteiger partial charge in [0.2, 0.25) is 0 Å². The number of Topliss-reactive ketones (excluding diaryl/α,β-unsaturated/α-hetero) is 1. The molecule has 1 saturated heterocycles. The smallest absolute Gasteiger partial charge is 0.137 e. The fraction of sp³-hybridized carbons (Fsp3) is 0.938. The van der Waals surface area contributed by atoms with Crippen LogP contribution in [-0.4, -0.2) is 42.5 Å². The lowest BCUT2D eigenvalue weighted by Crippen LogP contribution is -2.51. The normalized spacial score (nSPS) is 40.4. The second kappa shape index (κ2) is 5.92. The zero-order valence-corrected chi connectivity index (χ0v) is 12.1. The van der Waals surface area contributed by atoms with Gasteiger partial charge in [0.25, 0.3) is 0 Å². The summed E-state index contributed by atoms with van der Waals surface area (Å²) in [5.74, 6) is 1.60. The Morgan fingerprint density at radius 3 is 3.05 bits per heavy atom. The van der Waals surface area contributed by atoms with Crippen molar-refractivity contribution < 1.29 is 9.53 Å². The van der Waals surface area contributed by atoms with E-state index in [0.717, 1.165) is 44.9 Å². The van der Waals surface area contributed by atoms with Gasteiger partial charge in [0, 0.05) is 31.5 Å². The first-order chi connectivity index (χ1) is 9.28. The second-order valence-corrected chi connectivity index (χ2v) is 6.61. The highest BCUT2D eigenvalue weighted by molar-refractivity contribution is 5.82. The number of carbonyl (C=O) groups excluding carboxylic acids is 1. The van der Waals surface area contributed by atoms with Gasteiger partial charge < -0.3 is 4.74 Å². The van der Waals surface area contributed by atoms with Crippen molar-refractivity contribution in [2.75, 3.05) is 19.7 Å². The van der Waals surface area contributed by atoms with E-state index in [9.17, 15) is 4.79 Å². The summed E-state index contributed by atoms with van der Waals surface area (Å²) in [7, 11) is 0. The Balaban J connectivity index is 1.61. The van der Waals surface area contributed by atoms with Crippen molar-refractivity contribution in [3.05, 3.63) is 0 Å². The maximum absolute atomic E-state index is 12.2. The molecule has 3 rings (SSSR count). The third kappa shape index (κ3) is 2.87. The van der Waals surface area contributed by atoms with Crippen LogP contribution in [-0.2, 0) is 9.53 Å². The Kier molecular flexibility index (Phi) is 4.23. The molecule has 2 aliphatic carbocycles. The van der Waals surface area contributed by atoms with E-state index in [1.165, 1.54) is 25.7 Å². The quantitative estimate of drug-likeness (QED) is 0.785. The number of ketones is 1. The van der Waals surface area contributed by atoms with Crippen molar-refractivity contribution in [3.8, 4) is 0 Å². The lowest BCUT2D eigenvalue weighted by molar-refractivity contribution is -0.128. The summed E-state index contributed by atoms with van der Waals surface area (Å²) >= 11 is 0. The van der Waals surface area contributed by atoms with Crippen LogP contribution in [0, 0.1) is 11.8 Å². The molecule has 0 bridgehead atoms. The zero-order chi connectivity index (χ0) is 13.2. The number of morpholine rings is 1. The highest BCUT2D eigenvalue weighted by atomic mass is 16.5. The Bertz CT molecular complexity index is 331. The van der Waals surface area contributed by atoms with Gasteiger partial charge in [-0.25, -0.2) is 0 Å². The fourth-order valence-corrected chi connectivity index (χ4v) is 4.26. The van der Waals surface area contributed by atoms with Crippen LogP contribution in [0.2, 0.25) is 0 Å². The van der Waals surface area contributed by atoms with Crippen LogP contribution in [0.4, 0.5) is 0 Å². The minimum Gasteiger partial charge on any atom is -0.375 e. The molecule has 0 aromatic rings. The van der Waals surface area contributed by atoms with E-state index < -0.39 is 0 Å². The molecule has 0 N–H and O–H groups in total. The molecule has 0 aromatic heterocycles. The Hall–Kier alpha value is -0.410. The molecule has 1 aliphatic heterocycles. The molecule has 3 heteroatoms. The number of ether oxygens (including phenoxy) is 1. The molecule has 108 valence electrons. The van der Waals surface area contributed by atoms with E-state index in [0.29, 0.717) is 23.8 Å². The summed E-state index contributed by atoms with van der Waals surface area (Å²) in [6.45, 7) is 5.15. The number of carbonyl (C=O) groups is 1. The largest absolute Gasteiger partial charge is 0.375 e. The van der Waals surface area contributed by atoms with E-state index in [2.05, 4.69) is 11.8 Å². The average molecular weight is 265 g/mol. The molecular weight excluding hydrogens is 238 g/mol. The van der Waals surface area contributed by atoms with Crippen LogP contribution in [0.15, 0.2) is 0 Å². The molecule has 3 aliphatic rings. The third-order valence-electron chi connectivity index (χ3n) is 5.50. The van der Waals surface area contributed by atoms with Gasteiger partial charge >= 0.3 is 0 Å². The van der Waals surface area contributed by atoms with Crippen molar-refractivity contribution in [1.29, 1.82) is 0 Å². The molecule has 0 amide bonds. The highest BCUT2D eigenvalue weighted by Crippen LogP contribution is 2.33. The highest BCUT2D eigenvalue weighted by Gasteiger charge is 2.38. The van der Waals surface area contributed by atoms with E-state index in [1.807, 2.05) is 0 Å². The minimum absolute atomic E-state index is 0.304. The van der Waals surface area contributed by atoms with Crippen LogP contribution >= 0.6 is 0 Å². The maximum atomic E-state index is 12.2. The monoisotopic (exact) mass is 265 g/mol. The zero-order valence-electron chi connectivity index (χ0n) is 12.1. The third-order valence-corrected chi connectivity index (χ3v) is 5.50. The lowest BCUT2D eigenvalue weighted by Gasteiger charge is -2.40. The summed E-state index contributed by atoms with van der Waals surface area (Å²) in [6.07, 6.45) is 8.54. The maximum Gasteiger partial charge on any atom is 0.137 e. The molecule has 4 atom stereocenters. The van der Waals surface area contributed by atoms with Gasteiger partial charge in [0.1, 0.15) is 5.78 Å². The lowest BCUT2D eigenvalue weighted by atomic mass is 9.79. The van der Waals surface area contributed by atoms with E-state index in [-0.39, 0.29) is 0 Å². The summed E-state index contributed by atoms with van der Waals surface area (Å²) in [4.78, 5) is 14.7. The van der Waals surface area contributed by atoms with Gasteiger partial charge in [-0.2, -0.15) is 0 Å². The number of fused-ring (bicyclic) bond motifs is 1. The summed E-state index contributed by atoms with van der Waals surface area (Å²) in [5.41, 5.74) is 0. The van der Waals surface area contributed by atoms with Crippen LogP contribution in [0.1, 0.15) is 51.9 Å². The molecule has 3 nitrogen and oxygen atoms in total. The second-order valence-electron chi connectivity index (χ2n) is 6.61. The summed E-state index contributed by atoms with van der Waals surface area (Å²) < 4.78 is 5.86. The molecule has 3 fully saturated rings. The van der Waals surface area contributed by atoms with Crippen molar-refractivity contribution in [1.82, 2.24) is 4.90 Å². The minimum atomic E-state index is 0.304. The predicted molar refractivity (Wildman–Crippen MR) is 75.1 cm³/mol. The predicted octanol–water partition coefficient (Wildman–Crippen LogP) is 2.64. The topological polar surface area (TPSA) is 29.5 Å². The van der Waals surface area contributed by atoms with Gasteiger partial charge in [-0.15, -0.1) is 0 Å². The molecule has 0 spiro atoms. The van der Waals surface area contributed by atoms with Crippen LogP contribution in [0.25, 0.3) is 0 Å². The Morgan fingerprint density at radius 1 is 1.32 bits per heavy atom.